The molecule has 1 aliphatic heterocycles. The van der Waals surface area contributed by atoms with Crippen LogP contribution in [0.15, 0.2) is 48.8 Å². The molecule has 2 heterocycles. The van der Waals surface area contributed by atoms with Crippen LogP contribution in [0.5, 0.6) is 11.5 Å². The molecular formula is C34H45N5O7. The average Bonchev–Trinajstić information content (AvgIpc) is 3.50. The Labute approximate surface area is 269 Å². The fourth-order valence-corrected chi connectivity index (χ4v) is 5.89. The Morgan fingerprint density at radius 1 is 1.11 bits per heavy atom. The van der Waals surface area contributed by atoms with E-state index in [9.17, 15) is 14.7 Å². The fraction of sp³-hybridized carbons (Fsp3) is 0.471. The summed E-state index contributed by atoms with van der Waals surface area (Å²) in [5, 5.41) is 27.3. The maximum absolute atomic E-state index is 13.3. The summed E-state index contributed by atoms with van der Waals surface area (Å²) in [4.78, 5) is 35.4. The lowest BCUT2D eigenvalue weighted by Crippen LogP contribution is -2.45. The number of aromatic hydroxyl groups is 1. The lowest BCUT2D eigenvalue weighted by atomic mass is 9.94. The number of aryl methyl sites for hydroxylation is 1. The first kappa shape index (κ1) is 34.5. The van der Waals surface area contributed by atoms with E-state index in [4.69, 9.17) is 19.4 Å². The third kappa shape index (κ3) is 10.0. The zero-order valence-corrected chi connectivity index (χ0v) is 26.5. The maximum atomic E-state index is 13.3. The molecule has 3 aromatic rings. The van der Waals surface area contributed by atoms with Gasteiger partial charge in [-0.25, -0.2) is 0 Å². The average molecular weight is 636 g/mol. The van der Waals surface area contributed by atoms with Gasteiger partial charge >= 0.3 is 0 Å². The van der Waals surface area contributed by atoms with E-state index in [0.29, 0.717) is 63.2 Å². The van der Waals surface area contributed by atoms with Gasteiger partial charge in [0.15, 0.2) is 12.4 Å². The summed E-state index contributed by atoms with van der Waals surface area (Å²) >= 11 is 0. The monoisotopic (exact) mass is 635 g/mol. The van der Waals surface area contributed by atoms with Crippen LogP contribution in [0.3, 0.4) is 0 Å². The lowest BCUT2D eigenvalue weighted by molar-refractivity contribution is -0.135. The second-order valence-electron chi connectivity index (χ2n) is 11.5. The lowest BCUT2D eigenvalue weighted by Gasteiger charge is -2.34. The molecule has 1 aliphatic carbocycles. The quantitative estimate of drug-likeness (QED) is 0.118. The number of hydrogen-bond donors (Lipinski definition) is 4. The SMILES string of the molecule is Cn1cc(-c2ccc(CCOCCC(=O)N(CCNCCc3ccc(O)c4c3OCC(=O)N4)C3CCCCC3)cc2)cn1.O=CO. The summed E-state index contributed by atoms with van der Waals surface area (Å²) in [5.41, 5.74) is 4.70. The molecular weight excluding hydrogens is 590 g/mol. The number of carboxylic acid groups (broad SMARTS) is 1. The van der Waals surface area contributed by atoms with Crippen LogP contribution in [-0.2, 0) is 39.0 Å². The minimum atomic E-state index is -0.275. The van der Waals surface area contributed by atoms with Gasteiger partial charge < -0.3 is 35.2 Å². The smallest absolute Gasteiger partial charge is 0.290 e. The zero-order valence-electron chi connectivity index (χ0n) is 26.5. The fourth-order valence-electron chi connectivity index (χ4n) is 5.89. The van der Waals surface area contributed by atoms with E-state index in [0.717, 1.165) is 36.0 Å². The van der Waals surface area contributed by atoms with Gasteiger partial charge in [-0.3, -0.25) is 19.1 Å². The Hall–Kier alpha value is -4.42. The number of anilines is 1. The molecule has 1 aromatic heterocycles. The van der Waals surface area contributed by atoms with E-state index >= 15 is 0 Å². The van der Waals surface area contributed by atoms with Crippen LogP contribution in [0.2, 0.25) is 0 Å². The minimum Gasteiger partial charge on any atom is -0.506 e. The number of benzene rings is 2. The molecule has 2 aliphatic rings. The van der Waals surface area contributed by atoms with Crippen LogP contribution in [0, 0.1) is 0 Å². The Morgan fingerprint density at radius 2 is 1.87 bits per heavy atom. The molecule has 1 saturated carbocycles. The number of nitrogens with zero attached hydrogens (tertiary/aromatic N) is 3. The van der Waals surface area contributed by atoms with Gasteiger partial charge in [0.05, 0.1) is 25.8 Å². The molecule has 0 saturated heterocycles. The normalized spacial score (nSPS) is 14.3. The number of aromatic nitrogens is 2. The first-order valence-electron chi connectivity index (χ1n) is 15.9. The standard InChI is InChI=1S/C33H43N5O5.CH2O2/c1-37-22-27(21-35-37)25-9-7-24(8-10-25)14-19-42-20-15-31(41)38(28-5-3-2-4-6-28)18-17-34-16-13-26-11-12-29(39)32-33(26)43-23-30(40)36-32;2-1-3/h7-12,21-22,28,34,39H,2-6,13-20,23H2,1H3,(H,36,40);1H,(H,2,3). The molecule has 2 aromatic carbocycles. The number of fused-ring (bicyclic) bond motifs is 1. The van der Waals surface area contributed by atoms with Gasteiger partial charge in [-0.2, -0.15) is 5.10 Å². The van der Waals surface area contributed by atoms with Crippen LogP contribution in [0.1, 0.15) is 49.7 Å². The molecule has 0 unspecified atom stereocenters. The van der Waals surface area contributed by atoms with Crippen molar-refractivity contribution in [2.75, 3.05) is 44.8 Å². The Kier molecular flexibility index (Phi) is 13.4. The molecule has 0 radical (unpaired) electrons. The molecule has 0 bridgehead atoms. The highest BCUT2D eigenvalue weighted by Gasteiger charge is 2.25. The van der Waals surface area contributed by atoms with Crippen molar-refractivity contribution in [1.82, 2.24) is 20.0 Å². The van der Waals surface area contributed by atoms with Crippen molar-refractivity contribution >= 4 is 24.0 Å². The summed E-state index contributed by atoms with van der Waals surface area (Å²) in [6, 6.07) is 12.2. The summed E-state index contributed by atoms with van der Waals surface area (Å²) in [6.45, 7) is 2.74. The van der Waals surface area contributed by atoms with Crippen molar-refractivity contribution in [2.45, 2.75) is 57.4 Å². The van der Waals surface area contributed by atoms with Gasteiger partial charge in [-0.1, -0.05) is 49.6 Å². The van der Waals surface area contributed by atoms with Gasteiger partial charge in [0.1, 0.15) is 11.4 Å². The third-order valence-corrected chi connectivity index (χ3v) is 8.25. The first-order valence-corrected chi connectivity index (χ1v) is 15.9. The number of nitrogens with one attached hydrogen (secondary N) is 2. The summed E-state index contributed by atoms with van der Waals surface area (Å²) in [6.07, 6.45) is 11.4. The topological polar surface area (TPSA) is 155 Å². The second-order valence-corrected chi connectivity index (χ2v) is 11.5. The molecule has 0 atom stereocenters. The van der Waals surface area contributed by atoms with Crippen molar-refractivity contribution < 1.29 is 34.1 Å². The van der Waals surface area contributed by atoms with Gasteiger partial charge in [0.25, 0.3) is 12.4 Å². The number of phenols is 1. The minimum absolute atomic E-state index is 0.000764. The van der Waals surface area contributed by atoms with Crippen LogP contribution in [0.4, 0.5) is 5.69 Å². The number of rotatable bonds is 14. The third-order valence-electron chi connectivity index (χ3n) is 8.25. The predicted octanol–water partition coefficient (Wildman–Crippen LogP) is 3.77. The van der Waals surface area contributed by atoms with E-state index in [1.54, 1.807) is 10.7 Å². The highest BCUT2D eigenvalue weighted by molar-refractivity contribution is 5.97. The van der Waals surface area contributed by atoms with Gasteiger partial charge in [-0.15, -0.1) is 0 Å². The molecule has 46 heavy (non-hydrogen) atoms. The molecule has 1 fully saturated rings. The van der Waals surface area contributed by atoms with Crippen molar-refractivity contribution in [3.05, 3.63) is 59.9 Å². The van der Waals surface area contributed by atoms with Crippen LogP contribution in [0.25, 0.3) is 11.1 Å². The number of amides is 2. The first-order chi connectivity index (χ1) is 22.4. The number of ether oxygens (including phenoxy) is 2. The van der Waals surface area contributed by atoms with E-state index in [1.165, 1.54) is 24.8 Å². The van der Waals surface area contributed by atoms with E-state index in [1.807, 2.05) is 25.5 Å². The van der Waals surface area contributed by atoms with Gasteiger partial charge in [0.2, 0.25) is 5.91 Å². The predicted molar refractivity (Wildman–Crippen MR) is 174 cm³/mol. The van der Waals surface area contributed by atoms with E-state index in [-0.39, 0.29) is 30.6 Å². The summed E-state index contributed by atoms with van der Waals surface area (Å²) in [5.74, 6) is 0.414. The van der Waals surface area contributed by atoms with Crippen molar-refractivity contribution in [3.63, 3.8) is 0 Å². The molecule has 0 spiro atoms. The van der Waals surface area contributed by atoms with E-state index in [2.05, 4.69) is 44.9 Å². The Morgan fingerprint density at radius 3 is 2.59 bits per heavy atom. The van der Waals surface area contributed by atoms with Gasteiger partial charge in [-0.05, 0) is 55.0 Å². The molecule has 248 valence electrons. The van der Waals surface area contributed by atoms with Crippen molar-refractivity contribution in [3.8, 4) is 22.6 Å². The largest absolute Gasteiger partial charge is 0.506 e. The van der Waals surface area contributed by atoms with Crippen LogP contribution in [-0.4, -0.2) is 88.7 Å². The molecule has 4 N–H and O–H groups in total. The van der Waals surface area contributed by atoms with Crippen LogP contribution < -0.4 is 15.4 Å². The number of phenolic OH excluding ortho intramolecular Hbond substituents is 1. The Balaban J connectivity index is 0.00000154. The number of carbonyl (C=O) groups excluding carboxylic acids is 2. The summed E-state index contributed by atoms with van der Waals surface area (Å²) < 4.78 is 13.3. The maximum Gasteiger partial charge on any atom is 0.290 e. The Bertz CT molecular complexity index is 1420. The van der Waals surface area contributed by atoms with Crippen LogP contribution >= 0.6 is 0 Å². The zero-order chi connectivity index (χ0) is 32.7. The van der Waals surface area contributed by atoms with Crippen molar-refractivity contribution in [1.29, 1.82) is 0 Å². The van der Waals surface area contributed by atoms with Gasteiger partial charge in [0, 0.05) is 37.9 Å². The molecule has 5 rings (SSSR count). The molecule has 12 heteroatoms. The highest BCUT2D eigenvalue weighted by atomic mass is 16.5. The number of hydrogen-bond acceptors (Lipinski definition) is 8. The molecule has 12 nitrogen and oxygen atoms in total. The highest BCUT2D eigenvalue weighted by Crippen LogP contribution is 2.39. The van der Waals surface area contributed by atoms with E-state index < -0.39 is 0 Å². The van der Waals surface area contributed by atoms with Crippen molar-refractivity contribution in [2.24, 2.45) is 7.05 Å². The summed E-state index contributed by atoms with van der Waals surface area (Å²) in [7, 11) is 1.91. The molecule has 2 amide bonds. The second kappa shape index (κ2) is 17.9. The number of carbonyl (C=O) groups is 3.